The minimum atomic E-state index is -4.84. The van der Waals surface area contributed by atoms with Crippen LogP contribution in [0, 0.1) is 0 Å². The average Bonchev–Trinajstić information content (AvgIpc) is 2.59. The fourth-order valence-electron chi connectivity index (χ4n) is 1.51. The van der Waals surface area contributed by atoms with Crippen molar-refractivity contribution in [1.82, 2.24) is 9.97 Å². The first kappa shape index (κ1) is 11.4. The highest BCUT2D eigenvalue weighted by Gasteiger charge is 2.33. The van der Waals surface area contributed by atoms with Gasteiger partial charge in [0.2, 0.25) is 5.88 Å². The van der Waals surface area contributed by atoms with Crippen molar-refractivity contribution < 1.29 is 22.7 Å². The molecule has 0 aromatic carbocycles. The van der Waals surface area contributed by atoms with E-state index in [2.05, 4.69) is 14.7 Å². The Bertz CT molecular complexity index is 574. The van der Waals surface area contributed by atoms with E-state index in [0.717, 1.165) is 0 Å². The summed E-state index contributed by atoms with van der Waals surface area (Å²) in [4.78, 5) is 17.4. The van der Waals surface area contributed by atoms with Gasteiger partial charge >= 0.3 is 6.36 Å². The Kier molecular flexibility index (Phi) is 2.53. The molecule has 0 saturated carbocycles. The van der Waals surface area contributed by atoms with Gasteiger partial charge in [-0.3, -0.25) is 4.79 Å². The summed E-state index contributed by atoms with van der Waals surface area (Å²) in [5.41, 5.74) is 0.483. The van der Waals surface area contributed by atoms with Gasteiger partial charge in [-0.25, -0.2) is 4.98 Å². The SMILES string of the molecule is CC(=O)c1c[nH]c2ccnc(OC(F)(F)F)c12. The van der Waals surface area contributed by atoms with Crippen LogP contribution in [0.3, 0.4) is 0 Å². The second kappa shape index (κ2) is 3.76. The maximum Gasteiger partial charge on any atom is 0.574 e. The fourth-order valence-corrected chi connectivity index (χ4v) is 1.51. The molecule has 0 fully saturated rings. The van der Waals surface area contributed by atoms with Gasteiger partial charge in [0.15, 0.2) is 5.78 Å². The molecule has 2 rings (SSSR count). The lowest BCUT2D eigenvalue weighted by atomic mass is 10.1. The number of rotatable bonds is 2. The van der Waals surface area contributed by atoms with E-state index in [4.69, 9.17) is 0 Å². The summed E-state index contributed by atoms with van der Waals surface area (Å²) in [6.07, 6.45) is -2.34. The molecule has 0 aliphatic carbocycles. The minimum absolute atomic E-state index is 0.0392. The maximum absolute atomic E-state index is 12.2. The largest absolute Gasteiger partial charge is 0.574 e. The van der Waals surface area contributed by atoms with Crippen LogP contribution in [0.15, 0.2) is 18.5 Å². The van der Waals surface area contributed by atoms with Gasteiger partial charge in [-0.1, -0.05) is 0 Å². The van der Waals surface area contributed by atoms with Crippen molar-refractivity contribution in [2.24, 2.45) is 0 Å². The summed E-state index contributed by atoms with van der Waals surface area (Å²) in [5, 5.41) is 0.0392. The molecule has 90 valence electrons. The van der Waals surface area contributed by atoms with Crippen molar-refractivity contribution in [1.29, 1.82) is 0 Å². The van der Waals surface area contributed by atoms with Crippen molar-refractivity contribution >= 4 is 16.7 Å². The van der Waals surface area contributed by atoms with Crippen molar-refractivity contribution in [3.8, 4) is 5.88 Å². The lowest BCUT2D eigenvalue weighted by molar-refractivity contribution is -0.275. The number of alkyl halides is 3. The molecule has 0 saturated heterocycles. The number of halogens is 3. The van der Waals surface area contributed by atoms with E-state index in [1.807, 2.05) is 0 Å². The topological polar surface area (TPSA) is 55.0 Å². The fraction of sp³-hybridized carbons (Fsp3) is 0.200. The first-order valence-electron chi connectivity index (χ1n) is 4.61. The van der Waals surface area contributed by atoms with Crippen molar-refractivity contribution in [2.75, 3.05) is 0 Å². The first-order valence-corrected chi connectivity index (χ1v) is 4.61. The third kappa shape index (κ3) is 2.22. The van der Waals surface area contributed by atoms with E-state index in [9.17, 15) is 18.0 Å². The monoisotopic (exact) mass is 244 g/mol. The molecule has 0 spiro atoms. The zero-order valence-electron chi connectivity index (χ0n) is 8.63. The van der Waals surface area contributed by atoms with Crippen LogP contribution in [0.4, 0.5) is 13.2 Å². The number of carbonyl (C=O) groups is 1. The van der Waals surface area contributed by atoms with Crippen LogP contribution in [0.25, 0.3) is 10.9 Å². The van der Waals surface area contributed by atoms with Gasteiger partial charge in [-0.05, 0) is 13.0 Å². The summed E-state index contributed by atoms with van der Waals surface area (Å²) in [6, 6.07) is 1.46. The number of fused-ring (bicyclic) bond motifs is 1. The number of Topliss-reactive ketones (excluding diaryl/α,β-unsaturated/α-hetero) is 1. The molecule has 0 atom stereocenters. The van der Waals surface area contributed by atoms with Crippen LogP contribution >= 0.6 is 0 Å². The summed E-state index contributed by atoms with van der Waals surface area (Å²) in [7, 11) is 0. The minimum Gasteiger partial charge on any atom is -0.387 e. The lowest BCUT2D eigenvalue weighted by Gasteiger charge is -2.08. The zero-order valence-corrected chi connectivity index (χ0v) is 8.63. The lowest BCUT2D eigenvalue weighted by Crippen LogP contribution is -2.18. The molecule has 1 N–H and O–H groups in total. The number of nitrogens with zero attached hydrogens (tertiary/aromatic N) is 1. The molecular weight excluding hydrogens is 237 g/mol. The molecule has 7 heteroatoms. The number of hydrogen-bond acceptors (Lipinski definition) is 3. The predicted octanol–water partition coefficient (Wildman–Crippen LogP) is 2.66. The molecule has 0 unspecified atom stereocenters. The molecule has 4 nitrogen and oxygen atoms in total. The Labute approximate surface area is 93.4 Å². The second-order valence-electron chi connectivity index (χ2n) is 3.35. The van der Waals surface area contributed by atoms with E-state index in [1.54, 1.807) is 0 Å². The molecule has 0 radical (unpaired) electrons. The Morgan fingerprint density at radius 3 is 2.76 bits per heavy atom. The highest BCUT2D eigenvalue weighted by molar-refractivity contribution is 6.08. The molecule has 0 aliphatic rings. The Hall–Kier alpha value is -2.05. The summed E-state index contributed by atoms with van der Waals surface area (Å²) in [6.45, 7) is 1.26. The van der Waals surface area contributed by atoms with Gasteiger partial charge in [-0.2, -0.15) is 0 Å². The van der Waals surface area contributed by atoms with Crippen LogP contribution < -0.4 is 4.74 Å². The van der Waals surface area contributed by atoms with Crippen LogP contribution in [-0.2, 0) is 0 Å². The van der Waals surface area contributed by atoms with Crippen molar-refractivity contribution in [2.45, 2.75) is 13.3 Å². The number of nitrogens with one attached hydrogen (secondary N) is 1. The molecule has 2 heterocycles. The van der Waals surface area contributed by atoms with Gasteiger partial charge in [-0.15, -0.1) is 13.2 Å². The predicted molar refractivity (Wildman–Crippen MR) is 52.8 cm³/mol. The molecule has 17 heavy (non-hydrogen) atoms. The van der Waals surface area contributed by atoms with Gasteiger partial charge in [0.05, 0.1) is 10.9 Å². The number of pyridine rings is 1. The normalized spacial score (nSPS) is 11.8. The summed E-state index contributed by atoms with van der Waals surface area (Å²) < 4.78 is 40.2. The smallest absolute Gasteiger partial charge is 0.387 e. The van der Waals surface area contributed by atoms with Crippen molar-refractivity contribution in [3.63, 3.8) is 0 Å². The highest BCUT2D eigenvalue weighted by Crippen LogP contribution is 2.30. The molecule has 2 aromatic rings. The molecule has 0 aliphatic heterocycles. The number of carbonyl (C=O) groups excluding carboxylic acids is 1. The molecule has 2 aromatic heterocycles. The van der Waals surface area contributed by atoms with E-state index in [-0.39, 0.29) is 16.7 Å². The van der Waals surface area contributed by atoms with Gasteiger partial charge in [0.25, 0.3) is 0 Å². The van der Waals surface area contributed by atoms with E-state index in [1.165, 1.54) is 25.4 Å². The van der Waals surface area contributed by atoms with Crippen LogP contribution in [-0.4, -0.2) is 22.1 Å². The first-order chi connectivity index (χ1) is 7.88. The molecule has 0 amide bonds. The van der Waals surface area contributed by atoms with E-state index < -0.39 is 12.2 Å². The van der Waals surface area contributed by atoms with Gasteiger partial charge in [0.1, 0.15) is 0 Å². The second-order valence-corrected chi connectivity index (χ2v) is 3.35. The number of hydrogen-bond donors (Lipinski definition) is 1. The number of ether oxygens (including phenoxy) is 1. The van der Waals surface area contributed by atoms with Crippen molar-refractivity contribution in [3.05, 3.63) is 24.0 Å². The number of aromatic amines is 1. The Morgan fingerprint density at radius 2 is 2.18 bits per heavy atom. The molecular formula is C10H7F3N2O2. The van der Waals surface area contributed by atoms with Crippen LogP contribution in [0.2, 0.25) is 0 Å². The number of ketones is 1. The third-order valence-corrected chi connectivity index (χ3v) is 2.15. The van der Waals surface area contributed by atoms with E-state index >= 15 is 0 Å². The third-order valence-electron chi connectivity index (χ3n) is 2.15. The Balaban J connectivity index is 2.62. The molecule has 0 bridgehead atoms. The standard InChI is InChI=1S/C10H7F3N2O2/c1-5(16)6-4-15-7-2-3-14-9(8(6)7)17-10(11,12)13/h2-4,15H,1H3. The average molecular weight is 244 g/mol. The highest BCUT2D eigenvalue weighted by atomic mass is 19.4. The summed E-state index contributed by atoms with van der Waals surface area (Å²) in [5.74, 6) is -0.988. The Morgan fingerprint density at radius 1 is 1.47 bits per heavy atom. The summed E-state index contributed by atoms with van der Waals surface area (Å²) >= 11 is 0. The van der Waals surface area contributed by atoms with E-state index in [0.29, 0.717) is 5.52 Å². The van der Waals surface area contributed by atoms with Gasteiger partial charge < -0.3 is 9.72 Å². The maximum atomic E-state index is 12.2. The van der Waals surface area contributed by atoms with Crippen LogP contribution in [0.5, 0.6) is 5.88 Å². The number of H-pyrrole nitrogens is 1. The van der Waals surface area contributed by atoms with Gasteiger partial charge in [0, 0.05) is 18.0 Å². The van der Waals surface area contributed by atoms with Crippen LogP contribution in [0.1, 0.15) is 17.3 Å². The zero-order chi connectivity index (χ0) is 12.6. The number of aromatic nitrogens is 2. The quantitative estimate of drug-likeness (QED) is 0.826.